The molecule has 1 heterocycles. The summed E-state index contributed by atoms with van der Waals surface area (Å²) in [6.45, 7) is 0. The number of benzene rings is 2. The minimum atomic E-state index is -0.152. The largest absolute Gasteiger partial charge is 0.360 e. The van der Waals surface area contributed by atoms with E-state index in [-0.39, 0.29) is 5.78 Å². The van der Waals surface area contributed by atoms with Crippen molar-refractivity contribution in [3.8, 4) is 0 Å². The van der Waals surface area contributed by atoms with Gasteiger partial charge in [-0.05, 0) is 12.1 Å². The highest BCUT2D eigenvalue weighted by molar-refractivity contribution is 6.51. The number of Topliss-reactive ketones (excluding diaryl/α,β-unsaturated/α-hetero) is 1. The average Bonchev–Trinajstić information content (AvgIpc) is 3.13. The average molecular weight is 301 g/mol. The van der Waals surface area contributed by atoms with Gasteiger partial charge in [-0.2, -0.15) is 5.10 Å². The Hall–Kier alpha value is -3.27. The van der Waals surface area contributed by atoms with Crippen LogP contribution in [0, 0.1) is 0 Å². The molecule has 0 saturated heterocycles. The zero-order valence-electron chi connectivity index (χ0n) is 12.4. The van der Waals surface area contributed by atoms with Gasteiger partial charge in [0.15, 0.2) is 0 Å². The fourth-order valence-corrected chi connectivity index (χ4v) is 2.13. The Balaban J connectivity index is 1.96. The van der Waals surface area contributed by atoms with E-state index < -0.39 is 0 Å². The van der Waals surface area contributed by atoms with Crippen LogP contribution in [0.5, 0.6) is 0 Å². The monoisotopic (exact) mass is 301 g/mol. The molecule has 0 saturated carbocycles. The summed E-state index contributed by atoms with van der Waals surface area (Å²) in [4.78, 5) is 15.7. The lowest BCUT2D eigenvalue weighted by molar-refractivity contribution is 0.106. The van der Waals surface area contributed by atoms with Gasteiger partial charge in [0.1, 0.15) is 5.71 Å². The molecule has 0 fully saturated rings. The lowest BCUT2D eigenvalue weighted by Gasteiger charge is -2.04. The van der Waals surface area contributed by atoms with Crippen molar-refractivity contribution in [3.05, 3.63) is 95.8 Å². The molecular formula is C19H15N3O. The van der Waals surface area contributed by atoms with Gasteiger partial charge in [-0.1, -0.05) is 60.7 Å². The zero-order chi connectivity index (χ0) is 15.9. The van der Waals surface area contributed by atoms with Gasteiger partial charge in [0.2, 0.25) is 5.78 Å². The van der Waals surface area contributed by atoms with Crippen LogP contribution in [0.1, 0.15) is 21.6 Å². The highest BCUT2D eigenvalue weighted by atomic mass is 16.1. The van der Waals surface area contributed by atoms with Crippen LogP contribution in [0.4, 0.5) is 0 Å². The second-order valence-electron chi connectivity index (χ2n) is 4.88. The van der Waals surface area contributed by atoms with Crippen LogP contribution in [-0.4, -0.2) is 22.7 Å². The topological polar surface area (TPSA) is 57.6 Å². The third-order valence-electron chi connectivity index (χ3n) is 3.27. The van der Waals surface area contributed by atoms with Crippen molar-refractivity contribution in [2.75, 3.05) is 0 Å². The van der Waals surface area contributed by atoms with E-state index in [2.05, 4.69) is 15.2 Å². The van der Waals surface area contributed by atoms with Crippen LogP contribution in [0.3, 0.4) is 0 Å². The number of H-pyrrole nitrogens is 1. The van der Waals surface area contributed by atoms with Gasteiger partial charge in [-0.25, -0.2) is 0 Å². The maximum atomic E-state index is 12.7. The van der Waals surface area contributed by atoms with Gasteiger partial charge < -0.3 is 4.98 Å². The molecule has 0 aliphatic heterocycles. The molecule has 112 valence electrons. The van der Waals surface area contributed by atoms with E-state index >= 15 is 0 Å². The summed E-state index contributed by atoms with van der Waals surface area (Å²) in [6, 6.07) is 22.2. The van der Waals surface area contributed by atoms with Crippen LogP contribution in [-0.2, 0) is 0 Å². The smallest absolute Gasteiger partial charge is 0.213 e. The van der Waals surface area contributed by atoms with Crippen molar-refractivity contribution in [1.29, 1.82) is 0 Å². The molecule has 0 radical (unpaired) electrons. The van der Waals surface area contributed by atoms with Gasteiger partial charge in [0.05, 0.1) is 11.9 Å². The summed E-state index contributed by atoms with van der Waals surface area (Å²) in [6.07, 6.45) is 3.39. The maximum absolute atomic E-state index is 12.7. The Morgan fingerprint density at radius 3 is 2.09 bits per heavy atom. The Kier molecular flexibility index (Phi) is 4.55. The second kappa shape index (κ2) is 7.13. The first kappa shape index (κ1) is 14.7. The van der Waals surface area contributed by atoms with E-state index in [9.17, 15) is 4.79 Å². The number of ketones is 1. The molecular weight excluding hydrogens is 286 g/mol. The summed E-state index contributed by atoms with van der Waals surface area (Å²) in [5.74, 6) is -0.152. The lowest BCUT2D eigenvalue weighted by Crippen LogP contribution is -2.15. The summed E-state index contributed by atoms with van der Waals surface area (Å²) in [5, 5.41) is 8.21. The molecule has 1 aromatic heterocycles. The Morgan fingerprint density at radius 1 is 0.826 bits per heavy atom. The number of aromatic nitrogens is 1. The third-order valence-corrected chi connectivity index (χ3v) is 3.27. The molecule has 3 rings (SSSR count). The molecule has 4 heteroatoms. The second-order valence-corrected chi connectivity index (χ2v) is 4.88. The first-order valence-corrected chi connectivity index (χ1v) is 7.24. The number of carbonyl (C=O) groups is 1. The maximum Gasteiger partial charge on any atom is 0.213 e. The lowest BCUT2D eigenvalue weighted by atomic mass is 10.0. The normalized spacial score (nSPS) is 11.7. The van der Waals surface area contributed by atoms with Crippen molar-refractivity contribution in [3.63, 3.8) is 0 Å². The van der Waals surface area contributed by atoms with Crippen LogP contribution >= 0.6 is 0 Å². The fraction of sp³-hybridized carbons (Fsp3) is 0. The van der Waals surface area contributed by atoms with Crippen LogP contribution in [0.25, 0.3) is 0 Å². The molecule has 0 amide bonds. The van der Waals surface area contributed by atoms with Crippen LogP contribution in [0.2, 0.25) is 0 Å². The molecule has 4 nitrogen and oxygen atoms in total. The number of hydrogen-bond donors (Lipinski definition) is 1. The van der Waals surface area contributed by atoms with Gasteiger partial charge in [0, 0.05) is 17.3 Å². The minimum Gasteiger partial charge on any atom is -0.360 e. The molecule has 1 N–H and O–H groups in total. The molecule has 0 spiro atoms. The van der Waals surface area contributed by atoms with Crippen LogP contribution in [0.15, 0.2) is 89.2 Å². The summed E-state index contributed by atoms with van der Waals surface area (Å²) in [5.41, 5.74) is 2.48. The summed E-state index contributed by atoms with van der Waals surface area (Å²) >= 11 is 0. The van der Waals surface area contributed by atoms with Crippen molar-refractivity contribution >= 4 is 17.7 Å². The number of nitrogens with zero attached hydrogens (tertiary/aromatic N) is 2. The van der Waals surface area contributed by atoms with E-state index in [1.54, 1.807) is 24.5 Å². The molecule has 0 bridgehead atoms. The molecule has 23 heavy (non-hydrogen) atoms. The highest BCUT2D eigenvalue weighted by Gasteiger charge is 2.15. The van der Waals surface area contributed by atoms with Crippen molar-refractivity contribution < 1.29 is 4.79 Å². The summed E-state index contributed by atoms with van der Waals surface area (Å²) in [7, 11) is 0. The standard InChI is InChI=1S/C19H15N3O/c23-19(16-10-5-2-6-11-16)18(15-8-3-1-4-9-15)22-21-14-17-12-7-13-20-17/h1-14,20H/b21-14+,22-18+. The van der Waals surface area contributed by atoms with E-state index in [4.69, 9.17) is 0 Å². The number of rotatable bonds is 5. The molecule has 0 aliphatic carbocycles. The Labute approximate surface area is 134 Å². The predicted molar refractivity (Wildman–Crippen MR) is 92.1 cm³/mol. The molecule has 0 unspecified atom stereocenters. The third kappa shape index (κ3) is 3.68. The van der Waals surface area contributed by atoms with Crippen molar-refractivity contribution in [2.24, 2.45) is 10.2 Å². The Bertz CT molecular complexity index is 820. The zero-order valence-corrected chi connectivity index (χ0v) is 12.4. The molecule has 0 atom stereocenters. The first-order chi connectivity index (χ1) is 11.3. The number of aromatic amines is 1. The SMILES string of the molecule is O=C(/C(=N/N=C/c1ccc[nH]1)c1ccccc1)c1ccccc1. The number of carbonyl (C=O) groups excluding carboxylic acids is 1. The quantitative estimate of drug-likeness (QED) is 0.436. The Morgan fingerprint density at radius 2 is 1.48 bits per heavy atom. The molecule has 0 aliphatic rings. The van der Waals surface area contributed by atoms with Gasteiger partial charge >= 0.3 is 0 Å². The van der Waals surface area contributed by atoms with Gasteiger partial charge in [0.25, 0.3) is 0 Å². The fourth-order valence-electron chi connectivity index (χ4n) is 2.13. The minimum absolute atomic E-state index is 0.152. The van der Waals surface area contributed by atoms with Crippen LogP contribution < -0.4 is 0 Å². The van der Waals surface area contributed by atoms with Crippen molar-refractivity contribution in [2.45, 2.75) is 0 Å². The van der Waals surface area contributed by atoms with E-state index in [0.717, 1.165) is 11.3 Å². The van der Waals surface area contributed by atoms with E-state index in [1.165, 1.54) is 0 Å². The summed E-state index contributed by atoms with van der Waals surface area (Å²) < 4.78 is 0. The first-order valence-electron chi connectivity index (χ1n) is 7.24. The van der Waals surface area contributed by atoms with Crippen molar-refractivity contribution in [1.82, 2.24) is 4.98 Å². The number of hydrogen-bond acceptors (Lipinski definition) is 3. The van der Waals surface area contributed by atoms with E-state index in [1.807, 2.05) is 60.7 Å². The molecule has 3 aromatic rings. The van der Waals surface area contributed by atoms with Gasteiger partial charge in [-0.3, -0.25) is 4.79 Å². The van der Waals surface area contributed by atoms with E-state index in [0.29, 0.717) is 11.3 Å². The number of nitrogens with one attached hydrogen (secondary N) is 1. The predicted octanol–water partition coefficient (Wildman–Crippen LogP) is 3.72. The molecule has 2 aromatic carbocycles. The van der Waals surface area contributed by atoms with Gasteiger partial charge in [-0.15, -0.1) is 5.10 Å². The highest BCUT2D eigenvalue weighted by Crippen LogP contribution is 2.09.